The summed E-state index contributed by atoms with van der Waals surface area (Å²) in [7, 11) is 1.94. The van der Waals surface area contributed by atoms with Crippen LogP contribution >= 0.6 is 0 Å². The van der Waals surface area contributed by atoms with Gasteiger partial charge in [-0.1, -0.05) is 6.07 Å². The molecule has 1 unspecified atom stereocenters. The van der Waals surface area contributed by atoms with Gasteiger partial charge < -0.3 is 10.3 Å². The molecule has 0 saturated heterocycles. The highest BCUT2D eigenvalue weighted by atomic mass is 16.1. The zero-order valence-corrected chi connectivity index (χ0v) is 11.9. The third-order valence-corrected chi connectivity index (χ3v) is 3.99. The quantitative estimate of drug-likeness (QED) is 0.892. The van der Waals surface area contributed by atoms with E-state index in [2.05, 4.69) is 21.6 Å². The SMILES string of the molecule is Cc1nn(C)cc1CNC1CCCc2[nH]c(=O)ccc21. The molecule has 5 nitrogen and oxygen atoms in total. The van der Waals surface area contributed by atoms with Crippen LogP contribution in [0.25, 0.3) is 0 Å². The van der Waals surface area contributed by atoms with E-state index in [-0.39, 0.29) is 5.56 Å². The molecule has 3 rings (SSSR count). The molecule has 106 valence electrons. The number of hydrogen-bond donors (Lipinski definition) is 2. The van der Waals surface area contributed by atoms with E-state index in [0.29, 0.717) is 6.04 Å². The van der Waals surface area contributed by atoms with Crippen LogP contribution < -0.4 is 10.9 Å². The van der Waals surface area contributed by atoms with Gasteiger partial charge in [0.1, 0.15) is 0 Å². The second-order valence-electron chi connectivity index (χ2n) is 5.50. The summed E-state index contributed by atoms with van der Waals surface area (Å²) in [4.78, 5) is 14.3. The molecule has 0 aromatic carbocycles. The highest BCUT2D eigenvalue weighted by Crippen LogP contribution is 2.27. The van der Waals surface area contributed by atoms with E-state index >= 15 is 0 Å². The summed E-state index contributed by atoms with van der Waals surface area (Å²) in [6.07, 6.45) is 5.24. The lowest BCUT2D eigenvalue weighted by Gasteiger charge is -2.26. The first-order valence-electron chi connectivity index (χ1n) is 7.08. The van der Waals surface area contributed by atoms with Gasteiger partial charge in [-0.3, -0.25) is 9.48 Å². The summed E-state index contributed by atoms with van der Waals surface area (Å²) in [6.45, 7) is 2.84. The Morgan fingerprint density at radius 2 is 2.35 bits per heavy atom. The number of pyridine rings is 1. The average molecular weight is 272 g/mol. The van der Waals surface area contributed by atoms with Gasteiger partial charge in [-0.05, 0) is 31.7 Å². The number of aromatic nitrogens is 3. The highest BCUT2D eigenvalue weighted by Gasteiger charge is 2.20. The molecule has 2 aromatic rings. The number of rotatable bonds is 3. The van der Waals surface area contributed by atoms with Crippen LogP contribution in [0.2, 0.25) is 0 Å². The van der Waals surface area contributed by atoms with Gasteiger partial charge >= 0.3 is 0 Å². The minimum Gasteiger partial charge on any atom is -0.326 e. The first kappa shape index (κ1) is 13.1. The van der Waals surface area contributed by atoms with Gasteiger partial charge in [0.25, 0.3) is 0 Å². The second kappa shape index (κ2) is 5.25. The Balaban J connectivity index is 1.76. The number of nitrogens with one attached hydrogen (secondary N) is 2. The summed E-state index contributed by atoms with van der Waals surface area (Å²) in [5.41, 5.74) is 4.61. The van der Waals surface area contributed by atoms with E-state index in [1.807, 2.05) is 24.7 Å². The van der Waals surface area contributed by atoms with Crippen molar-refractivity contribution in [1.29, 1.82) is 0 Å². The average Bonchev–Trinajstić information content (AvgIpc) is 2.74. The van der Waals surface area contributed by atoms with Crippen LogP contribution in [-0.4, -0.2) is 14.8 Å². The molecule has 2 N–H and O–H groups in total. The number of aromatic amines is 1. The fourth-order valence-corrected chi connectivity index (χ4v) is 2.97. The molecule has 2 heterocycles. The monoisotopic (exact) mass is 272 g/mol. The Hall–Kier alpha value is -1.88. The zero-order valence-electron chi connectivity index (χ0n) is 11.9. The van der Waals surface area contributed by atoms with Crippen LogP contribution in [-0.2, 0) is 20.0 Å². The number of fused-ring (bicyclic) bond motifs is 1. The summed E-state index contributed by atoms with van der Waals surface area (Å²) in [5.74, 6) is 0. The summed E-state index contributed by atoms with van der Waals surface area (Å²) in [5, 5.41) is 7.95. The van der Waals surface area contributed by atoms with Crippen molar-refractivity contribution in [2.75, 3.05) is 0 Å². The fraction of sp³-hybridized carbons (Fsp3) is 0.467. The third kappa shape index (κ3) is 2.54. The van der Waals surface area contributed by atoms with Gasteiger partial charge in [-0.25, -0.2) is 0 Å². The lowest BCUT2D eigenvalue weighted by Crippen LogP contribution is -2.27. The molecule has 2 aromatic heterocycles. The maximum Gasteiger partial charge on any atom is 0.248 e. The molecule has 1 atom stereocenters. The van der Waals surface area contributed by atoms with Crippen LogP contribution in [0.3, 0.4) is 0 Å². The minimum atomic E-state index is -0.00694. The lowest BCUT2D eigenvalue weighted by atomic mass is 9.91. The smallest absolute Gasteiger partial charge is 0.248 e. The highest BCUT2D eigenvalue weighted by molar-refractivity contribution is 5.26. The maximum atomic E-state index is 11.4. The lowest BCUT2D eigenvalue weighted by molar-refractivity contribution is 0.453. The molecule has 0 amide bonds. The normalized spacial score (nSPS) is 18.0. The Morgan fingerprint density at radius 3 is 3.10 bits per heavy atom. The maximum absolute atomic E-state index is 11.4. The Morgan fingerprint density at radius 1 is 1.50 bits per heavy atom. The molecule has 1 aliphatic rings. The molecule has 0 spiro atoms. The van der Waals surface area contributed by atoms with E-state index in [9.17, 15) is 4.79 Å². The van der Waals surface area contributed by atoms with Crippen molar-refractivity contribution in [2.24, 2.45) is 7.05 Å². The van der Waals surface area contributed by atoms with Crippen molar-refractivity contribution in [3.63, 3.8) is 0 Å². The minimum absolute atomic E-state index is 0.00694. The Bertz CT molecular complexity index is 671. The first-order chi connectivity index (χ1) is 9.63. The van der Waals surface area contributed by atoms with Crippen LogP contribution in [0.15, 0.2) is 23.1 Å². The number of H-pyrrole nitrogens is 1. The molecule has 0 aliphatic heterocycles. The summed E-state index contributed by atoms with van der Waals surface area (Å²) in [6, 6.07) is 3.89. The predicted molar refractivity (Wildman–Crippen MR) is 77.5 cm³/mol. The van der Waals surface area contributed by atoms with Gasteiger partial charge in [0.2, 0.25) is 5.56 Å². The van der Waals surface area contributed by atoms with E-state index in [1.165, 1.54) is 11.1 Å². The second-order valence-corrected chi connectivity index (χ2v) is 5.50. The molecule has 0 bridgehead atoms. The Kier molecular flexibility index (Phi) is 3.44. The molecule has 0 fully saturated rings. The third-order valence-electron chi connectivity index (χ3n) is 3.99. The van der Waals surface area contributed by atoms with E-state index in [0.717, 1.165) is 37.2 Å². The van der Waals surface area contributed by atoms with Crippen molar-refractivity contribution in [3.05, 3.63) is 51.2 Å². The number of aryl methyl sites for hydroxylation is 3. The largest absolute Gasteiger partial charge is 0.326 e. The van der Waals surface area contributed by atoms with Crippen molar-refractivity contribution in [3.8, 4) is 0 Å². The van der Waals surface area contributed by atoms with Crippen LogP contribution in [0.4, 0.5) is 0 Å². The van der Waals surface area contributed by atoms with E-state index in [4.69, 9.17) is 0 Å². The number of hydrogen-bond acceptors (Lipinski definition) is 3. The van der Waals surface area contributed by atoms with Crippen LogP contribution in [0, 0.1) is 6.92 Å². The molecular formula is C15H20N4O. The summed E-state index contributed by atoms with van der Waals surface area (Å²) < 4.78 is 1.85. The zero-order chi connectivity index (χ0) is 14.1. The van der Waals surface area contributed by atoms with Crippen molar-refractivity contribution in [1.82, 2.24) is 20.1 Å². The fourth-order valence-electron chi connectivity index (χ4n) is 2.97. The van der Waals surface area contributed by atoms with Gasteiger partial charge in [0.05, 0.1) is 5.69 Å². The Labute approximate surface area is 118 Å². The van der Waals surface area contributed by atoms with Crippen LogP contribution in [0.1, 0.15) is 41.4 Å². The molecule has 0 saturated carbocycles. The van der Waals surface area contributed by atoms with Gasteiger partial charge in [-0.2, -0.15) is 5.10 Å². The molecule has 5 heteroatoms. The van der Waals surface area contributed by atoms with Crippen molar-refractivity contribution in [2.45, 2.75) is 38.8 Å². The van der Waals surface area contributed by atoms with E-state index in [1.54, 1.807) is 6.07 Å². The molecule has 0 radical (unpaired) electrons. The van der Waals surface area contributed by atoms with Crippen molar-refractivity contribution < 1.29 is 0 Å². The van der Waals surface area contributed by atoms with Crippen molar-refractivity contribution >= 4 is 0 Å². The van der Waals surface area contributed by atoms with E-state index < -0.39 is 0 Å². The predicted octanol–water partition coefficient (Wildman–Crippen LogP) is 1.58. The molecule has 1 aliphatic carbocycles. The first-order valence-corrected chi connectivity index (χ1v) is 7.08. The van der Waals surface area contributed by atoms with Gasteiger partial charge in [0.15, 0.2) is 0 Å². The van der Waals surface area contributed by atoms with Crippen LogP contribution in [0.5, 0.6) is 0 Å². The topological polar surface area (TPSA) is 62.7 Å². The van der Waals surface area contributed by atoms with Gasteiger partial charge in [-0.15, -0.1) is 0 Å². The molecule has 20 heavy (non-hydrogen) atoms. The standard InChI is InChI=1S/C15H20N4O/c1-10-11(9-19(2)18-10)8-16-13-4-3-5-14-12(13)6-7-15(20)17-14/h6-7,9,13,16H,3-5,8H2,1-2H3,(H,17,20). The summed E-state index contributed by atoms with van der Waals surface area (Å²) >= 11 is 0. The van der Waals surface area contributed by atoms with Gasteiger partial charge in [0, 0.05) is 43.2 Å². The number of nitrogens with zero attached hydrogens (tertiary/aromatic N) is 2. The molecular weight excluding hydrogens is 252 g/mol.